The Morgan fingerprint density at radius 3 is 0.832 bits per heavy atom. The quantitative estimate of drug-likeness (QED) is 0.0177. The number of benzene rings is 12. The molecular weight excluding hydrogens is 1970 g/mol. The van der Waals surface area contributed by atoms with Crippen molar-refractivity contribution >= 4 is 85.9 Å². The molecule has 0 bridgehead atoms. The maximum atomic E-state index is 14.0. The van der Waals surface area contributed by atoms with E-state index in [-0.39, 0.29) is 166 Å². The first-order chi connectivity index (χ1) is 65.1. The second kappa shape index (κ2) is 54.9. The zero-order chi connectivity index (χ0) is 101. The van der Waals surface area contributed by atoms with Gasteiger partial charge in [0.15, 0.2) is 69.4 Å². The first-order valence-electron chi connectivity index (χ1n) is 43.1. The summed E-state index contributed by atoms with van der Waals surface area (Å²) in [6.45, 7) is 25.0. The van der Waals surface area contributed by atoms with E-state index >= 15 is 0 Å². The van der Waals surface area contributed by atoms with Gasteiger partial charge in [-0.1, -0.05) is 119 Å². The number of hydrogen-bond donors (Lipinski definition) is 0. The Bertz CT molecular complexity index is 5520. The van der Waals surface area contributed by atoms with Crippen LogP contribution in [0.2, 0.25) is 5.02 Å². The lowest BCUT2D eigenvalue weighted by molar-refractivity contribution is -0.140. The van der Waals surface area contributed by atoms with E-state index in [0.29, 0.717) is 21.7 Å². The van der Waals surface area contributed by atoms with Crippen LogP contribution in [-0.2, 0) is 135 Å². The molecule has 0 N–H and O–H groups in total. The molecule has 12 aromatic rings. The molecule has 0 spiro atoms. The van der Waals surface area contributed by atoms with Crippen molar-refractivity contribution in [1.82, 2.24) is 0 Å². The molecule has 18 nitrogen and oxygen atoms in total. The van der Waals surface area contributed by atoms with Crippen LogP contribution >= 0.6 is 50.1 Å². The molecule has 0 radical (unpaired) electrons. The van der Waals surface area contributed by atoms with Gasteiger partial charge in [-0.3, -0.25) is 28.8 Å². The average Bonchev–Trinajstić information content (AvgIpc) is 0.837. The monoisotopic (exact) mass is 2080 g/mol. The third-order valence-corrected chi connectivity index (χ3v) is 24.5. The average molecular weight is 2090 g/mol. The summed E-state index contributed by atoms with van der Waals surface area (Å²) in [4.78, 5) is 68.9. The fourth-order valence-electron chi connectivity index (χ4n) is 13.2. The highest BCUT2D eigenvalue weighted by atomic mass is 127. The van der Waals surface area contributed by atoms with E-state index in [2.05, 4.69) is 52.7 Å². The van der Waals surface area contributed by atoms with E-state index in [9.17, 15) is 59.5 Å². The molecule has 12 rings (SSSR count). The second-order valence-corrected chi connectivity index (χ2v) is 34.4. The van der Waals surface area contributed by atoms with E-state index in [1.807, 2.05) is 162 Å². The minimum Gasteiger partial charge on any atom is -0.486 e. The highest BCUT2D eigenvalue weighted by molar-refractivity contribution is 14.1. The minimum atomic E-state index is -0.504. The molecule has 0 saturated carbocycles. The molecular formula is C109H112BrClF7IO18. The Labute approximate surface area is 823 Å². The van der Waals surface area contributed by atoms with Crippen molar-refractivity contribution in [1.29, 1.82) is 0 Å². The molecule has 0 aliphatic heterocycles. The lowest BCUT2D eigenvalue weighted by Gasteiger charge is -2.14. The molecule has 0 aromatic heterocycles. The number of aryl methyl sites for hydroxylation is 13. The summed E-state index contributed by atoms with van der Waals surface area (Å²) in [5, 5.41) is 0.468. The molecule has 0 fully saturated rings. The van der Waals surface area contributed by atoms with Crippen LogP contribution < -0.4 is 28.4 Å². The molecule has 726 valence electrons. The van der Waals surface area contributed by atoms with Gasteiger partial charge in [-0.15, -0.1) is 0 Å². The maximum absolute atomic E-state index is 14.0. The van der Waals surface area contributed by atoms with Crippen LogP contribution in [0.5, 0.6) is 34.5 Å². The Morgan fingerprint density at radius 1 is 0.248 bits per heavy atom. The SMILES string of the molecule is COC(=O)Cc1cccc(Br)c1COc1cc(C)c(C)cc1F.COC(=O)Cc1cccc(C)c1COc1cc(C)c(C)cc1F.COC(=O)Cc1cccc(Cl)c1COc1cc(C)c(C)cc1F.COC(=O)Cc1cccc(F)c1COc1cc(C)c(C)cc1F.COC(=O)Cc1cccc(I)c1COc1cc(C)c(C)cc1F.COC(=O)Cc1ccccc1COc1cc(C)c(C)cc1F. The number of hydrogen-bond acceptors (Lipinski definition) is 18. The zero-order valence-corrected chi connectivity index (χ0v) is 84.5. The van der Waals surface area contributed by atoms with Crippen LogP contribution in [0.1, 0.15) is 139 Å². The normalized spacial score (nSPS) is 10.5. The van der Waals surface area contributed by atoms with Crippen LogP contribution in [0.15, 0.2) is 193 Å². The molecule has 0 aliphatic carbocycles. The lowest BCUT2D eigenvalue weighted by atomic mass is 10.00. The molecule has 0 saturated heterocycles. The van der Waals surface area contributed by atoms with Crippen LogP contribution in [-0.4, -0.2) is 78.5 Å². The first-order valence-corrected chi connectivity index (χ1v) is 45.3. The van der Waals surface area contributed by atoms with Crippen molar-refractivity contribution in [2.45, 2.75) is 168 Å². The summed E-state index contributed by atoms with van der Waals surface area (Å²) in [5.41, 5.74) is 20.6. The number of carbonyl (C=O) groups excluding carboxylic acids is 6. The van der Waals surface area contributed by atoms with Crippen molar-refractivity contribution in [3.05, 3.63) is 381 Å². The number of rotatable bonds is 30. The van der Waals surface area contributed by atoms with Gasteiger partial charge in [0.05, 0.1) is 81.2 Å². The van der Waals surface area contributed by atoms with Crippen molar-refractivity contribution in [3.63, 3.8) is 0 Å². The summed E-state index contributed by atoms with van der Waals surface area (Å²) in [6, 6.07) is 52.6. The topological polar surface area (TPSA) is 213 Å². The largest absolute Gasteiger partial charge is 0.486 e. The van der Waals surface area contributed by atoms with E-state index in [1.165, 1.54) is 91.2 Å². The predicted octanol–water partition coefficient (Wildman–Crippen LogP) is 24.9. The number of halogens is 10. The summed E-state index contributed by atoms with van der Waals surface area (Å²) in [7, 11) is 8.01. The van der Waals surface area contributed by atoms with Crippen LogP contribution in [0.4, 0.5) is 30.7 Å². The van der Waals surface area contributed by atoms with Gasteiger partial charge < -0.3 is 56.8 Å². The molecule has 0 aliphatic rings. The van der Waals surface area contributed by atoms with E-state index in [0.717, 1.165) is 125 Å². The standard InChI is InChI=1S/C19H21FO3.C18H18BrFO3.C18H18ClFO3.C18H18F2O3.C18H18FIO3.C18H19FO3/c1-12-6-5-7-15(10-19(21)22-4)16(12)11-23-18-9-14(3)13(2)8-17(18)20;3*1-11-7-16(20)17(8-12(11)2)23-10-14-13(9-18(21)22-3)5-4-6-15(14)19;1-11-7-15(19)17(8-12(11)2)23-10-14-13(9-18(21)22-3)5-4-6-16(14)20;1-12-8-16(19)17(9-13(12)2)22-11-15-7-5-4-6-14(15)10-18(20)21-3/h5-9H,10-11H2,1-4H3;4*4-8H,9-10H2,1-3H3;4-9H,10-11H2,1-3H3. The minimum absolute atomic E-state index is 0.0559. The third kappa shape index (κ3) is 34.2. The van der Waals surface area contributed by atoms with Gasteiger partial charge in [-0.2, -0.15) is 0 Å². The van der Waals surface area contributed by atoms with Crippen LogP contribution in [0.25, 0.3) is 0 Å². The Balaban J connectivity index is 0.000000224. The summed E-state index contributed by atoms with van der Waals surface area (Å²) < 4.78 is 161. The summed E-state index contributed by atoms with van der Waals surface area (Å²) >= 11 is 11.8. The Kier molecular flexibility index (Phi) is 44.6. The smallest absolute Gasteiger partial charge is 0.309 e. The Morgan fingerprint density at radius 2 is 0.482 bits per heavy atom. The number of methoxy groups -OCH3 is 6. The van der Waals surface area contributed by atoms with E-state index in [4.69, 9.17) is 54.2 Å². The van der Waals surface area contributed by atoms with Gasteiger partial charge in [-0.05, 0) is 326 Å². The van der Waals surface area contributed by atoms with Gasteiger partial charge in [-0.25, -0.2) is 30.7 Å². The number of carbonyl (C=O) groups is 6. The van der Waals surface area contributed by atoms with Gasteiger partial charge in [0.25, 0.3) is 0 Å². The number of ether oxygens (including phenoxy) is 12. The molecule has 137 heavy (non-hydrogen) atoms. The van der Waals surface area contributed by atoms with Crippen molar-refractivity contribution < 1.29 is 116 Å². The molecule has 0 unspecified atom stereocenters. The van der Waals surface area contributed by atoms with E-state index < -0.39 is 29.2 Å². The predicted molar refractivity (Wildman–Crippen MR) is 524 cm³/mol. The van der Waals surface area contributed by atoms with Gasteiger partial charge in [0.2, 0.25) is 0 Å². The summed E-state index contributed by atoms with van der Waals surface area (Å²) in [5.74, 6) is -4.00. The zero-order valence-electron chi connectivity index (χ0n) is 80.0. The van der Waals surface area contributed by atoms with Crippen molar-refractivity contribution in [3.8, 4) is 34.5 Å². The fourth-order valence-corrected chi connectivity index (χ4v) is 14.7. The van der Waals surface area contributed by atoms with Gasteiger partial charge >= 0.3 is 35.8 Å². The van der Waals surface area contributed by atoms with Crippen LogP contribution in [0.3, 0.4) is 0 Å². The van der Waals surface area contributed by atoms with Gasteiger partial charge in [0, 0.05) is 35.3 Å². The van der Waals surface area contributed by atoms with Gasteiger partial charge in [0.1, 0.15) is 45.5 Å². The van der Waals surface area contributed by atoms with Crippen molar-refractivity contribution in [2.24, 2.45) is 0 Å². The second-order valence-electron chi connectivity index (χ2n) is 31.9. The van der Waals surface area contributed by atoms with Crippen LogP contribution in [0, 0.1) is 134 Å². The molecule has 0 heterocycles. The highest BCUT2D eigenvalue weighted by Gasteiger charge is 2.22. The first kappa shape index (κ1) is 111. The highest BCUT2D eigenvalue weighted by Crippen LogP contribution is 2.34. The molecule has 12 aromatic carbocycles. The van der Waals surface area contributed by atoms with Crippen molar-refractivity contribution in [2.75, 3.05) is 42.7 Å². The molecule has 0 atom stereocenters. The maximum Gasteiger partial charge on any atom is 0.309 e. The van der Waals surface area contributed by atoms with E-state index in [1.54, 1.807) is 67.6 Å². The lowest BCUT2D eigenvalue weighted by Crippen LogP contribution is -2.10. The Hall–Kier alpha value is -12.7. The summed E-state index contributed by atoms with van der Waals surface area (Å²) in [6.07, 6.45) is 0.677. The fraction of sp³-hybridized carbons (Fsp3) is 0.284. The number of esters is 6. The third-order valence-electron chi connectivity index (χ3n) is 22.4. The molecule has 0 amide bonds. The molecule has 28 heteroatoms.